The van der Waals surface area contributed by atoms with E-state index in [0.717, 1.165) is 6.07 Å². The Labute approximate surface area is 73.6 Å². The van der Waals surface area contributed by atoms with Gasteiger partial charge in [-0.1, -0.05) is 0 Å². The number of hydrogen-bond acceptors (Lipinski definition) is 2. The van der Waals surface area contributed by atoms with Gasteiger partial charge in [-0.3, -0.25) is 4.98 Å². The fourth-order valence-corrected chi connectivity index (χ4v) is 1.01. The Morgan fingerprint density at radius 2 is 2.15 bits per heavy atom. The molecule has 72 valence electrons. The minimum absolute atomic E-state index is 0.0156. The van der Waals surface area contributed by atoms with E-state index < -0.39 is 12.2 Å². The van der Waals surface area contributed by atoms with E-state index in [2.05, 4.69) is 4.98 Å². The van der Waals surface area contributed by atoms with Crippen LogP contribution in [0.2, 0.25) is 0 Å². The Balaban J connectivity index is 3.20. The molecule has 0 saturated carbocycles. The third kappa shape index (κ3) is 1.98. The number of aromatic nitrogens is 1. The molecule has 0 aliphatic carbocycles. The van der Waals surface area contributed by atoms with Gasteiger partial charge in [0.15, 0.2) is 0 Å². The molecule has 0 fully saturated rings. The van der Waals surface area contributed by atoms with E-state index in [1.165, 1.54) is 6.92 Å². The lowest BCUT2D eigenvalue weighted by molar-refractivity contribution is 0.149. The number of rotatable bonds is 2. The van der Waals surface area contributed by atoms with E-state index in [1.807, 2.05) is 0 Å². The first kappa shape index (κ1) is 9.98. The molecule has 0 saturated heterocycles. The predicted octanol–water partition coefficient (Wildman–Crippen LogP) is 1.93. The molecular formula is C8H9F3N2. The minimum atomic E-state index is -2.70. The zero-order valence-corrected chi connectivity index (χ0v) is 7.02. The highest BCUT2D eigenvalue weighted by Crippen LogP contribution is 2.22. The van der Waals surface area contributed by atoms with Crippen molar-refractivity contribution in [3.63, 3.8) is 0 Å². The van der Waals surface area contributed by atoms with Gasteiger partial charge in [0.05, 0.1) is 5.69 Å². The van der Waals surface area contributed by atoms with Gasteiger partial charge in [-0.15, -0.1) is 0 Å². The van der Waals surface area contributed by atoms with Crippen molar-refractivity contribution in [1.82, 2.24) is 4.98 Å². The van der Waals surface area contributed by atoms with E-state index in [9.17, 15) is 13.2 Å². The normalized spacial score (nSPS) is 10.9. The third-order valence-corrected chi connectivity index (χ3v) is 1.71. The van der Waals surface area contributed by atoms with Crippen LogP contribution in [0.15, 0.2) is 6.07 Å². The van der Waals surface area contributed by atoms with Crippen molar-refractivity contribution in [3.8, 4) is 0 Å². The zero-order chi connectivity index (χ0) is 10.0. The third-order valence-electron chi connectivity index (χ3n) is 1.71. The molecule has 2 nitrogen and oxygen atoms in total. The van der Waals surface area contributed by atoms with E-state index in [1.54, 1.807) is 0 Å². The minimum Gasteiger partial charge on any atom is -0.325 e. The first-order valence-electron chi connectivity index (χ1n) is 3.70. The van der Waals surface area contributed by atoms with Crippen LogP contribution in [0.25, 0.3) is 0 Å². The van der Waals surface area contributed by atoms with Gasteiger partial charge >= 0.3 is 0 Å². The van der Waals surface area contributed by atoms with Crippen molar-refractivity contribution in [2.24, 2.45) is 5.73 Å². The van der Waals surface area contributed by atoms with Crippen LogP contribution in [0.4, 0.5) is 13.2 Å². The molecule has 5 heteroatoms. The Kier molecular flexibility index (Phi) is 2.87. The lowest BCUT2D eigenvalue weighted by Gasteiger charge is -2.06. The number of nitrogens with two attached hydrogens (primary N) is 1. The summed E-state index contributed by atoms with van der Waals surface area (Å²) >= 11 is 0. The van der Waals surface area contributed by atoms with Gasteiger partial charge in [0.25, 0.3) is 6.43 Å². The Bertz CT molecular complexity index is 313. The van der Waals surface area contributed by atoms with E-state index >= 15 is 0 Å². The Morgan fingerprint density at radius 3 is 2.62 bits per heavy atom. The largest absolute Gasteiger partial charge is 0.325 e. The van der Waals surface area contributed by atoms with Gasteiger partial charge in [0, 0.05) is 17.8 Å². The summed E-state index contributed by atoms with van der Waals surface area (Å²) in [7, 11) is 0. The van der Waals surface area contributed by atoms with Crippen LogP contribution < -0.4 is 5.73 Å². The van der Waals surface area contributed by atoms with Crippen LogP contribution in [0, 0.1) is 12.7 Å². The van der Waals surface area contributed by atoms with Crippen LogP contribution in [0.1, 0.15) is 23.4 Å². The van der Waals surface area contributed by atoms with Crippen LogP contribution >= 0.6 is 0 Å². The highest BCUT2D eigenvalue weighted by atomic mass is 19.3. The lowest BCUT2D eigenvalue weighted by atomic mass is 10.2. The summed E-state index contributed by atoms with van der Waals surface area (Å²) in [5.41, 5.74) is 4.91. The number of hydrogen-bond donors (Lipinski definition) is 1. The first-order chi connectivity index (χ1) is 6.06. The first-order valence-corrected chi connectivity index (χ1v) is 3.70. The maximum absolute atomic E-state index is 12.9. The summed E-state index contributed by atoms with van der Waals surface area (Å²) in [4.78, 5) is 3.63. The van der Waals surface area contributed by atoms with Gasteiger partial charge in [0.1, 0.15) is 5.82 Å². The molecule has 0 spiro atoms. The maximum atomic E-state index is 12.9. The number of aryl methyl sites for hydroxylation is 1. The van der Waals surface area contributed by atoms with Crippen molar-refractivity contribution >= 4 is 0 Å². The molecule has 0 radical (unpaired) electrons. The summed E-state index contributed by atoms with van der Waals surface area (Å²) < 4.78 is 37.3. The van der Waals surface area contributed by atoms with Crippen molar-refractivity contribution in [1.29, 1.82) is 0 Å². The van der Waals surface area contributed by atoms with Gasteiger partial charge < -0.3 is 5.73 Å². The van der Waals surface area contributed by atoms with Gasteiger partial charge in [-0.25, -0.2) is 13.2 Å². The second-order valence-corrected chi connectivity index (χ2v) is 2.60. The summed E-state index contributed by atoms with van der Waals surface area (Å²) in [6, 6.07) is 0.787. The number of pyridine rings is 1. The molecule has 0 amide bonds. The average molecular weight is 190 g/mol. The van der Waals surface area contributed by atoms with Crippen molar-refractivity contribution < 1.29 is 13.2 Å². The Morgan fingerprint density at radius 1 is 1.54 bits per heavy atom. The Hall–Kier alpha value is -1.10. The summed E-state index contributed by atoms with van der Waals surface area (Å²) in [5.74, 6) is -0.775. The molecule has 1 aromatic rings. The number of nitrogens with zero attached hydrogens (tertiary/aromatic N) is 1. The topological polar surface area (TPSA) is 38.9 Å². The molecule has 1 aromatic heterocycles. The quantitative estimate of drug-likeness (QED) is 0.773. The molecule has 0 bridgehead atoms. The summed E-state index contributed by atoms with van der Waals surface area (Å²) in [6.45, 7) is 1.32. The van der Waals surface area contributed by atoms with Gasteiger partial charge in [0.2, 0.25) is 0 Å². The molecule has 1 heterocycles. The van der Waals surface area contributed by atoms with E-state index in [-0.39, 0.29) is 23.5 Å². The standard InChI is InChI=1S/C8H9F3N2/c1-4-5(8(10)11)2-6(9)7(3-12)13-4/h2,8H,3,12H2,1H3. The molecule has 13 heavy (non-hydrogen) atoms. The molecule has 0 unspecified atom stereocenters. The number of halogens is 3. The average Bonchev–Trinajstić information content (AvgIpc) is 2.07. The summed E-state index contributed by atoms with van der Waals surface area (Å²) in [5, 5.41) is 0. The highest BCUT2D eigenvalue weighted by Gasteiger charge is 2.14. The second-order valence-electron chi connectivity index (χ2n) is 2.60. The highest BCUT2D eigenvalue weighted by molar-refractivity contribution is 5.24. The fourth-order valence-electron chi connectivity index (χ4n) is 1.01. The summed E-state index contributed by atoms with van der Waals surface area (Å²) in [6.07, 6.45) is -2.70. The van der Waals surface area contributed by atoms with Crippen LogP contribution in [0.3, 0.4) is 0 Å². The lowest BCUT2D eigenvalue weighted by Crippen LogP contribution is -2.06. The molecular weight excluding hydrogens is 181 g/mol. The predicted molar refractivity (Wildman–Crippen MR) is 41.8 cm³/mol. The molecule has 0 aliphatic heterocycles. The van der Waals surface area contributed by atoms with E-state index in [4.69, 9.17) is 5.73 Å². The SMILES string of the molecule is Cc1nc(CN)c(F)cc1C(F)F. The molecule has 0 aromatic carbocycles. The van der Waals surface area contributed by atoms with Crippen molar-refractivity contribution in [2.45, 2.75) is 19.9 Å². The smallest absolute Gasteiger partial charge is 0.265 e. The van der Waals surface area contributed by atoms with Crippen LogP contribution in [0.5, 0.6) is 0 Å². The second kappa shape index (κ2) is 3.74. The number of alkyl halides is 2. The zero-order valence-electron chi connectivity index (χ0n) is 7.02. The van der Waals surface area contributed by atoms with E-state index in [0.29, 0.717) is 0 Å². The molecule has 2 N–H and O–H groups in total. The molecule has 1 rings (SSSR count). The maximum Gasteiger partial charge on any atom is 0.265 e. The van der Waals surface area contributed by atoms with Crippen LogP contribution in [-0.4, -0.2) is 4.98 Å². The molecule has 0 atom stereocenters. The van der Waals surface area contributed by atoms with Gasteiger partial charge in [-0.05, 0) is 13.0 Å². The molecule has 0 aliphatic rings. The fraction of sp³-hybridized carbons (Fsp3) is 0.375. The monoisotopic (exact) mass is 190 g/mol. The van der Waals surface area contributed by atoms with Crippen molar-refractivity contribution in [3.05, 3.63) is 28.8 Å². The van der Waals surface area contributed by atoms with Gasteiger partial charge in [-0.2, -0.15) is 0 Å². The van der Waals surface area contributed by atoms with Crippen molar-refractivity contribution in [2.75, 3.05) is 0 Å². The van der Waals surface area contributed by atoms with Crippen LogP contribution in [-0.2, 0) is 6.54 Å².